The molecule has 0 aromatic heterocycles. The molecule has 2 amide bonds. The first-order chi connectivity index (χ1) is 17.3. The van der Waals surface area contributed by atoms with Crippen LogP contribution in [0.25, 0.3) is 11.1 Å². The van der Waals surface area contributed by atoms with Crippen LogP contribution >= 0.6 is 0 Å². The fourth-order valence-electron chi connectivity index (χ4n) is 4.66. The van der Waals surface area contributed by atoms with Crippen molar-refractivity contribution in [2.45, 2.75) is 32.4 Å². The lowest BCUT2D eigenvalue weighted by Crippen LogP contribution is -2.52. The molecule has 1 aliphatic carbocycles. The largest absolute Gasteiger partial charge is 0.480 e. The summed E-state index contributed by atoms with van der Waals surface area (Å²) in [5.74, 6) is -1.96. The lowest BCUT2D eigenvalue weighted by Gasteiger charge is -2.29. The highest BCUT2D eigenvalue weighted by Gasteiger charge is 2.32. The second kappa shape index (κ2) is 11.1. The van der Waals surface area contributed by atoms with E-state index in [4.69, 9.17) is 4.74 Å². The number of ether oxygens (including phenoxy) is 1. The molecular weight excluding hydrogens is 456 g/mol. The number of nitrogens with zero attached hydrogens (tertiary/aromatic N) is 1. The Kier molecular flexibility index (Phi) is 7.68. The zero-order valence-corrected chi connectivity index (χ0v) is 20.4. The van der Waals surface area contributed by atoms with E-state index in [2.05, 4.69) is 17.4 Å². The lowest BCUT2D eigenvalue weighted by atomic mass is 9.98. The first-order valence-corrected chi connectivity index (χ1v) is 12.0. The number of hydrogen-bond acceptors (Lipinski definition) is 4. The summed E-state index contributed by atoms with van der Waals surface area (Å²) >= 11 is 0. The summed E-state index contributed by atoms with van der Waals surface area (Å²) in [7, 11) is 0. The van der Waals surface area contributed by atoms with Crippen LogP contribution in [0.3, 0.4) is 0 Å². The van der Waals surface area contributed by atoms with Crippen LogP contribution in [0.15, 0.2) is 78.9 Å². The van der Waals surface area contributed by atoms with Gasteiger partial charge in [-0.05, 0) is 33.7 Å². The van der Waals surface area contributed by atoms with Gasteiger partial charge in [0.25, 0.3) is 0 Å². The smallest absolute Gasteiger partial charge is 0.407 e. The van der Waals surface area contributed by atoms with Crippen molar-refractivity contribution in [3.63, 3.8) is 0 Å². The maximum atomic E-state index is 13.3. The van der Waals surface area contributed by atoms with Gasteiger partial charge in [0, 0.05) is 12.5 Å². The average Bonchev–Trinajstić information content (AvgIpc) is 3.19. The third-order valence-corrected chi connectivity index (χ3v) is 6.40. The Bertz CT molecular complexity index is 1200. The van der Waals surface area contributed by atoms with Crippen LogP contribution in [0.5, 0.6) is 0 Å². The highest BCUT2D eigenvalue weighted by molar-refractivity contribution is 5.88. The number of amides is 2. The number of carboxylic acids is 1. The van der Waals surface area contributed by atoms with Gasteiger partial charge in [-0.15, -0.1) is 0 Å². The third-order valence-electron chi connectivity index (χ3n) is 6.40. The Morgan fingerprint density at radius 3 is 2.00 bits per heavy atom. The zero-order valence-electron chi connectivity index (χ0n) is 20.4. The van der Waals surface area contributed by atoms with E-state index in [1.807, 2.05) is 66.7 Å². The third kappa shape index (κ3) is 5.57. The normalized spacial score (nSPS) is 13.0. The number of fused-ring (bicyclic) bond motifs is 3. The van der Waals surface area contributed by atoms with Gasteiger partial charge in [-0.1, -0.05) is 92.7 Å². The molecule has 0 fully saturated rings. The van der Waals surface area contributed by atoms with Gasteiger partial charge in [0.2, 0.25) is 5.91 Å². The van der Waals surface area contributed by atoms with Crippen LogP contribution in [0.1, 0.15) is 36.5 Å². The summed E-state index contributed by atoms with van der Waals surface area (Å²) in [5, 5.41) is 12.1. The number of rotatable bonds is 9. The predicted octanol–water partition coefficient (Wildman–Crippen LogP) is 4.66. The first-order valence-electron chi connectivity index (χ1n) is 12.0. The fraction of sp³-hybridized carbons (Fsp3) is 0.276. The molecule has 0 radical (unpaired) electrons. The number of carboxylic acid groups (broad SMARTS) is 1. The van der Waals surface area contributed by atoms with E-state index in [0.717, 1.165) is 27.8 Å². The molecule has 1 aliphatic rings. The average molecular weight is 487 g/mol. The molecule has 36 heavy (non-hydrogen) atoms. The van der Waals surface area contributed by atoms with Crippen molar-refractivity contribution >= 4 is 18.0 Å². The van der Waals surface area contributed by atoms with Gasteiger partial charge in [-0.25, -0.2) is 4.79 Å². The Hall–Kier alpha value is -4.13. The molecule has 1 atom stereocenters. The minimum absolute atomic E-state index is 0.0991. The van der Waals surface area contributed by atoms with Gasteiger partial charge in [-0.2, -0.15) is 0 Å². The van der Waals surface area contributed by atoms with Crippen molar-refractivity contribution < 1.29 is 24.2 Å². The van der Waals surface area contributed by atoms with Gasteiger partial charge in [0.15, 0.2) is 0 Å². The lowest BCUT2D eigenvalue weighted by molar-refractivity contribution is -0.146. The molecule has 186 valence electrons. The molecule has 0 heterocycles. The van der Waals surface area contributed by atoms with Crippen LogP contribution in [-0.4, -0.2) is 47.2 Å². The van der Waals surface area contributed by atoms with E-state index in [0.29, 0.717) is 0 Å². The Labute approximate surface area is 210 Å². The van der Waals surface area contributed by atoms with Crippen molar-refractivity contribution in [1.82, 2.24) is 10.2 Å². The van der Waals surface area contributed by atoms with E-state index in [9.17, 15) is 19.5 Å². The highest BCUT2D eigenvalue weighted by atomic mass is 16.5. The van der Waals surface area contributed by atoms with E-state index in [1.54, 1.807) is 13.8 Å². The minimum atomic E-state index is -1.12. The number of carbonyl (C=O) groups excluding carboxylic acids is 2. The Balaban J connectivity index is 1.45. The molecule has 7 heteroatoms. The molecule has 7 nitrogen and oxygen atoms in total. The van der Waals surface area contributed by atoms with Crippen LogP contribution in [0.2, 0.25) is 0 Å². The number of hydrogen-bond donors (Lipinski definition) is 2. The van der Waals surface area contributed by atoms with E-state index in [-0.39, 0.29) is 25.0 Å². The number of aliphatic carboxylic acids is 1. The molecule has 0 saturated heterocycles. The number of carbonyl (C=O) groups is 3. The second-order valence-electron chi connectivity index (χ2n) is 9.27. The minimum Gasteiger partial charge on any atom is -0.480 e. The highest BCUT2D eigenvalue weighted by Crippen LogP contribution is 2.44. The maximum absolute atomic E-state index is 13.3. The number of alkyl carbamates (subject to hydrolysis) is 1. The SMILES string of the molecule is CC(C)[C@H](NC(=O)OCC1c2ccccc2-c2ccccc21)C(=O)N(CC(=O)O)Cc1ccccc1. The van der Waals surface area contributed by atoms with E-state index in [1.165, 1.54) is 4.90 Å². The molecule has 3 aromatic carbocycles. The molecule has 4 rings (SSSR count). The molecule has 0 aliphatic heterocycles. The quantitative estimate of drug-likeness (QED) is 0.459. The van der Waals surface area contributed by atoms with Crippen molar-refractivity contribution in [3.05, 3.63) is 95.6 Å². The molecular formula is C29H30N2O5. The number of nitrogens with one attached hydrogen (secondary N) is 1. The van der Waals surface area contributed by atoms with Crippen molar-refractivity contribution in [1.29, 1.82) is 0 Å². The van der Waals surface area contributed by atoms with Crippen LogP contribution < -0.4 is 5.32 Å². The van der Waals surface area contributed by atoms with Crippen molar-refractivity contribution in [3.8, 4) is 11.1 Å². The van der Waals surface area contributed by atoms with E-state index >= 15 is 0 Å². The van der Waals surface area contributed by atoms with Crippen LogP contribution in [0, 0.1) is 5.92 Å². The van der Waals surface area contributed by atoms with Gasteiger partial charge in [0.1, 0.15) is 19.2 Å². The molecule has 0 saturated carbocycles. The first kappa shape index (κ1) is 25.0. The van der Waals surface area contributed by atoms with Gasteiger partial charge in [-0.3, -0.25) is 9.59 Å². The fourth-order valence-corrected chi connectivity index (χ4v) is 4.66. The summed E-state index contributed by atoms with van der Waals surface area (Å²) in [4.78, 5) is 38.9. The molecule has 2 N–H and O–H groups in total. The summed E-state index contributed by atoms with van der Waals surface area (Å²) in [6.07, 6.45) is -0.709. The predicted molar refractivity (Wildman–Crippen MR) is 136 cm³/mol. The Morgan fingerprint density at radius 1 is 0.889 bits per heavy atom. The zero-order chi connectivity index (χ0) is 25.7. The maximum Gasteiger partial charge on any atom is 0.407 e. The molecule has 0 spiro atoms. The molecule has 0 bridgehead atoms. The number of benzene rings is 3. The second-order valence-corrected chi connectivity index (χ2v) is 9.27. The topological polar surface area (TPSA) is 95.9 Å². The van der Waals surface area contributed by atoms with Crippen LogP contribution in [0.4, 0.5) is 4.79 Å². The van der Waals surface area contributed by atoms with Gasteiger partial charge in [0.05, 0.1) is 0 Å². The summed E-state index contributed by atoms with van der Waals surface area (Å²) in [6.45, 7) is 3.38. The van der Waals surface area contributed by atoms with Crippen LogP contribution in [-0.2, 0) is 20.9 Å². The summed E-state index contributed by atoms with van der Waals surface area (Å²) in [5.41, 5.74) is 5.25. The Morgan fingerprint density at radius 2 is 1.44 bits per heavy atom. The standard InChI is InChI=1S/C29H30N2O5/c1-19(2)27(28(34)31(17-26(32)33)16-20-10-4-3-5-11-20)30-29(35)36-18-25-23-14-8-6-12-21(23)22-13-7-9-15-24(22)25/h3-15,19,25,27H,16-18H2,1-2H3,(H,30,35)(H,32,33)/t27-/m0/s1. The molecule has 3 aromatic rings. The molecule has 0 unspecified atom stereocenters. The van der Waals surface area contributed by atoms with E-state index < -0.39 is 30.6 Å². The van der Waals surface area contributed by atoms with Gasteiger partial charge >= 0.3 is 12.1 Å². The van der Waals surface area contributed by atoms with Crippen molar-refractivity contribution in [2.75, 3.05) is 13.2 Å². The summed E-state index contributed by atoms with van der Waals surface area (Å²) in [6, 6.07) is 24.3. The van der Waals surface area contributed by atoms with Gasteiger partial charge < -0.3 is 20.1 Å². The monoisotopic (exact) mass is 486 g/mol. The summed E-state index contributed by atoms with van der Waals surface area (Å²) < 4.78 is 5.61. The van der Waals surface area contributed by atoms with Crippen molar-refractivity contribution in [2.24, 2.45) is 5.92 Å².